The number of likely N-dealkylation sites (N-methyl/N-ethyl adjacent to an activating group) is 1. The Morgan fingerprint density at radius 3 is 2.93 bits per heavy atom. The highest BCUT2D eigenvalue weighted by Crippen LogP contribution is 2.46. The van der Waals surface area contributed by atoms with Gasteiger partial charge in [0.25, 0.3) is 11.8 Å². The van der Waals surface area contributed by atoms with Crippen LogP contribution >= 0.6 is 0 Å². The molecule has 1 N–H and O–H groups in total. The molecule has 9 heteroatoms. The van der Waals surface area contributed by atoms with Gasteiger partial charge in [-0.05, 0) is 31.1 Å². The van der Waals surface area contributed by atoms with Crippen LogP contribution in [0.2, 0.25) is 0 Å². The van der Waals surface area contributed by atoms with E-state index < -0.39 is 6.04 Å². The molecular formula is C18H23N7O2. The standard InChI is InChI=1S/C18H23N7O2/c1-23-14-4-8-19-24(14)9-5-12(17(23)27)20-16(26)15-13-10-18(6-2-3-7-18)11-25(13)22-21-15/h4,8,12H,2-3,5-7,9-11H2,1H3,(H,20,26). The highest BCUT2D eigenvalue weighted by atomic mass is 16.2. The number of carbonyl (C=O) groups excluding carboxylic acids is 2. The van der Waals surface area contributed by atoms with Crippen LogP contribution in [0, 0.1) is 5.41 Å². The van der Waals surface area contributed by atoms with Crippen molar-refractivity contribution in [2.75, 3.05) is 11.9 Å². The maximum atomic E-state index is 12.9. The van der Waals surface area contributed by atoms with Crippen LogP contribution in [0.15, 0.2) is 12.3 Å². The van der Waals surface area contributed by atoms with Crippen LogP contribution in [-0.2, 0) is 24.3 Å². The average molecular weight is 369 g/mol. The summed E-state index contributed by atoms with van der Waals surface area (Å²) in [5.74, 6) is 0.292. The Morgan fingerprint density at radius 2 is 2.11 bits per heavy atom. The van der Waals surface area contributed by atoms with Gasteiger partial charge < -0.3 is 5.32 Å². The topological polar surface area (TPSA) is 97.9 Å². The number of aromatic nitrogens is 5. The van der Waals surface area contributed by atoms with E-state index in [0.29, 0.717) is 18.7 Å². The van der Waals surface area contributed by atoms with Gasteiger partial charge in [0.1, 0.15) is 11.9 Å². The molecule has 1 unspecified atom stereocenters. The smallest absolute Gasteiger partial charge is 0.274 e. The van der Waals surface area contributed by atoms with E-state index in [2.05, 4.69) is 20.7 Å². The van der Waals surface area contributed by atoms with Crippen molar-refractivity contribution < 1.29 is 9.59 Å². The number of rotatable bonds is 2. The Balaban J connectivity index is 1.34. The molecule has 27 heavy (non-hydrogen) atoms. The second-order valence-electron chi connectivity index (χ2n) is 8.05. The first-order valence-corrected chi connectivity index (χ1v) is 9.59. The largest absolute Gasteiger partial charge is 0.339 e. The molecule has 0 aromatic carbocycles. The fourth-order valence-corrected chi connectivity index (χ4v) is 4.86. The van der Waals surface area contributed by atoms with E-state index in [0.717, 1.165) is 24.5 Å². The molecule has 0 saturated heterocycles. The molecule has 2 aromatic heterocycles. The number of nitrogens with zero attached hydrogens (tertiary/aromatic N) is 6. The summed E-state index contributed by atoms with van der Waals surface area (Å²) in [5.41, 5.74) is 1.54. The Hall–Kier alpha value is -2.71. The molecule has 1 atom stereocenters. The SMILES string of the molecule is CN1C(=O)C(NC(=O)c2nnn3c2CC2(CCCC2)C3)CCn2nccc21. The Bertz CT molecular complexity index is 909. The first-order valence-electron chi connectivity index (χ1n) is 9.59. The van der Waals surface area contributed by atoms with Gasteiger partial charge in [-0.2, -0.15) is 5.10 Å². The zero-order valence-corrected chi connectivity index (χ0v) is 15.4. The third-order valence-electron chi connectivity index (χ3n) is 6.35. The summed E-state index contributed by atoms with van der Waals surface area (Å²) < 4.78 is 3.67. The molecule has 0 radical (unpaired) electrons. The normalized spacial score (nSPS) is 23.4. The number of nitrogens with one attached hydrogen (secondary N) is 1. The summed E-state index contributed by atoms with van der Waals surface area (Å²) in [5, 5.41) is 15.4. The maximum absolute atomic E-state index is 12.9. The van der Waals surface area contributed by atoms with Gasteiger partial charge in [-0.25, -0.2) is 9.36 Å². The van der Waals surface area contributed by atoms with Crippen LogP contribution in [-0.4, -0.2) is 49.7 Å². The zero-order valence-electron chi connectivity index (χ0n) is 15.4. The Kier molecular flexibility index (Phi) is 3.60. The Morgan fingerprint density at radius 1 is 1.30 bits per heavy atom. The van der Waals surface area contributed by atoms with Gasteiger partial charge >= 0.3 is 0 Å². The van der Waals surface area contributed by atoms with Crippen molar-refractivity contribution in [3.05, 3.63) is 23.7 Å². The van der Waals surface area contributed by atoms with Crippen LogP contribution < -0.4 is 10.2 Å². The van der Waals surface area contributed by atoms with Crippen LogP contribution in [0.4, 0.5) is 5.82 Å². The fourth-order valence-electron chi connectivity index (χ4n) is 4.86. The third kappa shape index (κ3) is 2.55. The molecule has 2 aliphatic heterocycles. The molecule has 5 rings (SSSR count). The molecule has 142 valence electrons. The molecular weight excluding hydrogens is 346 g/mol. The number of fused-ring (bicyclic) bond motifs is 2. The van der Waals surface area contributed by atoms with Crippen molar-refractivity contribution >= 4 is 17.6 Å². The van der Waals surface area contributed by atoms with E-state index in [1.54, 1.807) is 28.9 Å². The van der Waals surface area contributed by atoms with Crippen molar-refractivity contribution in [3.8, 4) is 0 Å². The second-order valence-corrected chi connectivity index (χ2v) is 8.05. The van der Waals surface area contributed by atoms with Gasteiger partial charge in [0, 0.05) is 26.2 Å². The number of anilines is 1. The van der Waals surface area contributed by atoms with Gasteiger partial charge in [0.2, 0.25) is 0 Å². The fraction of sp³-hybridized carbons (Fsp3) is 0.611. The summed E-state index contributed by atoms with van der Waals surface area (Å²) in [6.07, 6.45) is 7.91. The lowest BCUT2D eigenvalue weighted by Gasteiger charge is -2.21. The number of carbonyl (C=O) groups is 2. The molecule has 1 aliphatic carbocycles. The predicted octanol–water partition coefficient (Wildman–Crippen LogP) is 0.756. The zero-order chi connectivity index (χ0) is 18.6. The Labute approximate surface area is 156 Å². The minimum absolute atomic E-state index is 0.140. The van der Waals surface area contributed by atoms with Crippen molar-refractivity contribution in [1.82, 2.24) is 30.1 Å². The highest BCUT2D eigenvalue weighted by Gasteiger charge is 2.43. The van der Waals surface area contributed by atoms with E-state index in [4.69, 9.17) is 0 Å². The monoisotopic (exact) mass is 369 g/mol. The maximum Gasteiger partial charge on any atom is 0.274 e. The van der Waals surface area contributed by atoms with E-state index in [1.807, 2.05) is 4.68 Å². The minimum atomic E-state index is -0.594. The van der Waals surface area contributed by atoms with Crippen molar-refractivity contribution in [3.63, 3.8) is 0 Å². The van der Waals surface area contributed by atoms with E-state index in [-0.39, 0.29) is 17.2 Å². The first kappa shape index (κ1) is 16.5. The minimum Gasteiger partial charge on any atom is -0.339 e. The van der Waals surface area contributed by atoms with Gasteiger partial charge in [-0.1, -0.05) is 18.1 Å². The predicted molar refractivity (Wildman–Crippen MR) is 96.1 cm³/mol. The first-order chi connectivity index (χ1) is 13.1. The quantitative estimate of drug-likeness (QED) is 0.843. The van der Waals surface area contributed by atoms with Crippen LogP contribution in [0.1, 0.15) is 48.3 Å². The van der Waals surface area contributed by atoms with Crippen molar-refractivity contribution in [2.24, 2.45) is 5.41 Å². The third-order valence-corrected chi connectivity index (χ3v) is 6.35. The highest BCUT2D eigenvalue weighted by molar-refractivity contribution is 6.01. The van der Waals surface area contributed by atoms with Crippen molar-refractivity contribution in [2.45, 2.75) is 57.7 Å². The molecule has 2 aromatic rings. The molecule has 2 amide bonds. The molecule has 1 spiro atoms. The summed E-state index contributed by atoms with van der Waals surface area (Å²) in [4.78, 5) is 27.2. The molecule has 9 nitrogen and oxygen atoms in total. The number of aryl methyl sites for hydroxylation is 1. The lowest BCUT2D eigenvalue weighted by atomic mass is 9.84. The summed E-state index contributed by atoms with van der Waals surface area (Å²) in [6.45, 7) is 1.43. The second kappa shape index (κ2) is 5.90. The molecule has 4 heterocycles. The number of hydrogen-bond donors (Lipinski definition) is 1. The number of amides is 2. The molecule has 3 aliphatic rings. The van der Waals surface area contributed by atoms with Gasteiger partial charge in [-0.3, -0.25) is 14.5 Å². The summed E-state index contributed by atoms with van der Waals surface area (Å²) in [7, 11) is 1.71. The average Bonchev–Trinajstić information content (AvgIpc) is 3.41. The molecule has 1 fully saturated rings. The van der Waals surface area contributed by atoms with Crippen LogP contribution in [0.25, 0.3) is 0 Å². The van der Waals surface area contributed by atoms with Gasteiger partial charge in [0.05, 0.1) is 11.9 Å². The van der Waals surface area contributed by atoms with Crippen molar-refractivity contribution in [1.29, 1.82) is 0 Å². The molecule has 1 saturated carbocycles. The van der Waals surface area contributed by atoms with E-state index in [1.165, 1.54) is 25.7 Å². The summed E-state index contributed by atoms with van der Waals surface area (Å²) in [6, 6.07) is 1.21. The van der Waals surface area contributed by atoms with E-state index in [9.17, 15) is 9.59 Å². The van der Waals surface area contributed by atoms with Gasteiger partial charge in [-0.15, -0.1) is 5.10 Å². The lowest BCUT2D eigenvalue weighted by Crippen LogP contribution is -2.47. The van der Waals surface area contributed by atoms with Crippen LogP contribution in [0.3, 0.4) is 0 Å². The summed E-state index contributed by atoms with van der Waals surface area (Å²) >= 11 is 0. The van der Waals surface area contributed by atoms with E-state index >= 15 is 0 Å². The van der Waals surface area contributed by atoms with Gasteiger partial charge in [0.15, 0.2) is 5.69 Å². The number of hydrogen-bond acceptors (Lipinski definition) is 5. The van der Waals surface area contributed by atoms with Crippen LogP contribution in [0.5, 0.6) is 0 Å². The molecule has 0 bridgehead atoms. The lowest BCUT2D eigenvalue weighted by molar-refractivity contribution is -0.120.